The maximum absolute atomic E-state index is 8.76. The zero-order chi connectivity index (χ0) is 16.0. The largest absolute Gasteiger partial charge is 0.347 e. The van der Waals surface area contributed by atoms with Crippen LogP contribution < -0.4 is 5.49 Å². The van der Waals surface area contributed by atoms with Gasteiger partial charge in [-0.3, -0.25) is 15.4 Å². The van der Waals surface area contributed by atoms with Gasteiger partial charge in [-0.2, -0.15) is 0 Å². The standard InChI is InChI=1S/C16H21N5O2/c1-2-10-7-16(22-5-6-23-16)8-11(10)14(18)21-12-3-4-19-15(12)20-9-13(21)17/h3-4,9-11,17-19H,2,5-8H2,1H3/t10-,11+/m1/s1. The lowest BCUT2D eigenvalue weighted by molar-refractivity contribution is -0.153. The van der Waals surface area contributed by atoms with Crippen LogP contribution in [-0.4, -0.2) is 39.4 Å². The Morgan fingerprint density at radius 3 is 2.96 bits per heavy atom. The van der Waals surface area contributed by atoms with E-state index in [0.717, 1.165) is 18.4 Å². The van der Waals surface area contributed by atoms with E-state index in [1.165, 1.54) is 6.20 Å². The van der Waals surface area contributed by atoms with Crippen molar-refractivity contribution in [3.63, 3.8) is 0 Å². The summed E-state index contributed by atoms with van der Waals surface area (Å²) in [6, 6.07) is 1.86. The number of ether oxygens (including phenoxy) is 2. The molecule has 7 heteroatoms. The molecule has 0 amide bonds. The van der Waals surface area contributed by atoms with E-state index in [4.69, 9.17) is 20.3 Å². The molecular weight excluding hydrogens is 294 g/mol. The second kappa shape index (κ2) is 5.28. The van der Waals surface area contributed by atoms with Gasteiger partial charge in [0.05, 0.1) is 24.9 Å². The van der Waals surface area contributed by atoms with Crippen LogP contribution in [-0.2, 0) is 9.47 Å². The van der Waals surface area contributed by atoms with Crippen molar-refractivity contribution in [2.24, 2.45) is 11.8 Å². The van der Waals surface area contributed by atoms with E-state index < -0.39 is 5.79 Å². The highest BCUT2D eigenvalue weighted by atomic mass is 16.7. The van der Waals surface area contributed by atoms with Crippen molar-refractivity contribution in [2.45, 2.75) is 32.0 Å². The lowest BCUT2D eigenvalue weighted by Gasteiger charge is -2.22. The van der Waals surface area contributed by atoms with E-state index in [1.807, 2.05) is 6.07 Å². The number of fused-ring (bicyclic) bond motifs is 1. The van der Waals surface area contributed by atoms with Gasteiger partial charge >= 0.3 is 0 Å². The minimum Gasteiger partial charge on any atom is -0.347 e. The third-order valence-corrected chi connectivity index (χ3v) is 5.10. The fraction of sp³-hybridized carbons (Fsp3) is 0.562. The molecule has 1 saturated carbocycles. The molecular formula is C16H21N5O2. The van der Waals surface area contributed by atoms with Crippen molar-refractivity contribution in [1.82, 2.24) is 14.5 Å². The van der Waals surface area contributed by atoms with Gasteiger partial charge in [-0.25, -0.2) is 4.98 Å². The third-order valence-electron chi connectivity index (χ3n) is 5.10. The molecule has 1 saturated heterocycles. The van der Waals surface area contributed by atoms with E-state index >= 15 is 0 Å². The fourth-order valence-corrected chi connectivity index (χ4v) is 3.98. The molecule has 1 spiro atoms. The van der Waals surface area contributed by atoms with Gasteiger partial charge in [0.1, 0.15) is 11.3 Å². The Hall–Kier alpha value is -1.99. The van der Waals surface area contributed by atoms with E-state index in [1.54, 1.807) is 10.8 Å². The van der Waals surface area contributed by atoms with Crippen LogP contribution in [0.15, 0.2) is 18.5 Å². The number of aromatic nitrogens is 3. The molecule has 2 fully saturated rings. The predicted octanol–water partition coefficient (Wildman–Crippen LogP) is 1.85. The lowest BCUT2D eigenvalue weighted by Crippen LogP contribution is -2.34. The maximum Gasteiger partial charge on any atom is 0.169 e. The molecule has 2 atom stereocenters. The number of hydrogen-bond acceptors (Lipinski definition) is 5. The van der Waals surface area contributed by atoms with Crippen molar-refractivity contribution in [3.05, 3.63) is 23.9 Å². The van der Waals surface area contributed by atoms with Gasteiger partial charge in [0.15, 0.2) is 11.4 Å². The Bertz CT molecular complexity index is 802. The van der Waals surface area contributed by atoms with Gasteiger partial charge in [0.25, 0.3) is 0 Å². The van der Waals surface area contributed by atoms with Crippen LogP contribution in [0.1, 0.15) is 26.2 Å². The Kier molecular flexibility index (Phi) is 3.35. The Morgan fingerprint density at radius 1 is 1.43 bits per heavy atom. The summed E-state index contributed by atoms with van der Waals surface area (Å²) in [5.41, 5.74) is 1.69. The molecule has 2 aromatic rings. The molecule has 122 valence electrons. The summed E-state index contributed by atoms with van der Waals surface area (Å²) in [5.74, 6) is 0.261. The van der Waals surface area contributed by atoms with Gasteiger partial charge in [-0.1, -0.05) is 13.3 Å². The summed E-state index contributed by atoms with van der Waals surface area (Å²) < 4.78 is 13.4. The summed E-state index contributed by atoms with van der Waals surface area (Å²) in [6.07, 6.45) is 5.76. The van der Waals surface area contributed by atoms with Crippen LogP contribution in [0.4, 0.5) is 0 Å². The highest BCUT2D eigenvalue weighted by molar-refractivity contribution is 5.91. The first-order valence-corrected chi connectivity index (χ1v) is 8.10. The van der Waals surface area contributed by atoms with Crippen LogP contribution in [0.25, 0.3) is 11.2 Å². The second-order valence-electron chi connectivity index (χ2n) is 6.37. The molecule has 1 aliphatic carbocycles. The zero-order valence-corrected chi connectivity index (χ0v) is 13.1. The van der Waals surface area contributed by atoms with Crippen molar-refractivity contribution < 1.29 is 9.47 Å². The van der Waals surface area contributed by atoms with Gasteiger partial charge in [0, 0.05) is 25.0 Å². The molecule has 2 aromatic heterocycles. The average Bonchev–Trinajstić information content (AvgIpc) is 3.27. The monoisotopic (exact) mass is 315 g/mol. The van der Waals surface area contributed by atoms with Crippen LogP contribution >= 0.6 is 0 Å². The molecule has 2 aliphatic rings. The van der Waals surface area contributed by atoms with Crippen molar-refractivity contribution in [1.29, 1.82) is 10.8 Å². The lowest BCUT2D eigenvalue weighted by atomic mass is 9.92. The van der Waals surface area contributed by atoms with Crippen molar-refractivity contribution in [2.75, 3.05) is 13.2 Å². The summed E-state index contributed by atoms with van der Waals surface area (Å²) in [7, 11) is 0. The van der Waals surface area contributed by atoms with Gasteiger partial charge in [-0.05, 0) is 12.0 Å². The minimum atomic E-state index is -0.523. The number of nitrogens with one attached hydrogen (secondary N) is 3. The highest BCUT2D eigenvalue weighted by Crippen LogP contribution is 2.46. The average molecular weight is 315 g/mol. The first kappa shape index (κ1) is 14.6. The molecule has 23 heavy (non-hydrogen) atoms. The molecule has 4 rings (SSSR count). The van der Waals surface area contributed by atoms with E-state index in [-0.39, 0.29) is 11.4 Å². The van der Waals surface area contributed by atoms with Crippen molar-refractivity contribution >= 4 is 17.0 Å². The van der Waals surface area contributed by atoms with Crippen molar-refractivity contribution in [3.8, 4) is 0 Å². The molecule has 0 unspecified atom stereocenters. The number of hydrogen-bond donors (Lipinski definition) is 3. The highest BCUT2D eigenvalue weighted by Gasteiger charge is 2.50. The Morgan fingerprint density at radius 2 is 2.22 bits per heavy atom. The first-order chi connectivity index (χ1) is 11.1. The smallest absolute Gasteiger partial charge is 0.169 e. The van der Waals surface area contributed by atoms with Crippen LogP contribution in [0, 0.1) is 22.7 Å². The molecule has 3 N–H and O–H groups in total. The number of aromatic amines is 1. The SMILES string of the molecule is CC[C@@H]1CC2(C[C@@H]1C(=N)n1c(=N)cnc3[nH]ccc31)OCCO2. The Labute approximate surface area is 133 Å². The first-order valence-electron chi connectivity index (χ1n) is 8.10. The molecule has 1 aliphatic heterocycles. The fourth-order valence-electron chi connectivity index (χ4n) is 3.98. The molecule has 0 aromatic carbocycles. The summed E-state index contributed by atoms with van der Waals surface area (Å²) in [5, 5.41) is 17.0. The van der Waals surface area contributed by atoms with E-state index in [0.29, 0.717) is 37.0 Å². The minimum absolute atomic E-state index is 0.0210. The maximum atomic E-state index is 8.76. The van der Waals surface area contributed by atoms with Crippen LogP contribution in [0.2, 0.25) is 0 Å². The Balaban J connectivity index is 1.74. The van der Waals surface area contributed by atoms with Gasteiger partial charge in [0.2, 0.25) is 0 Å². The molecule has 0 radical (unpaired) electrons. The molecule has 0 bridgehead atoms. The third kappa shape index (κ3) is 2.22. The summed E-state index contributed by atoms with van der Waals surface area (Å²) in [6.45, 7) is 3.40. The summed E-state index contributed by atoms with van der Waals surface area (Å²) >= 11 is 0. The number of rotatable bonds is 2. The number of nitrogens with zero attached hydrogens (tertiary/aromatic N) is 2. The summed E-state index contributed by atoms with van der Waals surface area (Å²) in [4.78, 5) is 7.26. The van der Waals surface area contributed by atoms with Gasteiger partial charge < -0.3 is 14.5 Å². The predicted molar refractivity (Wildman–Crippen MR) is 84.2 cm³/mol. The van der Waals surface area contributed by atoms with Crippen LogP contribution in [0.5, 0.6) is 0 Å². The van der Waals surface area contributed by atoms with E-state index in [2.05, 4.69) is 16.9 Å². The van der Waals surface area contributed by atoms with Gasteiger partial charge in [-0.15, -0.1) is 0 Å². The van der Waals surface area contributed by atoms with E-state index in [9.17, 15) is 0 Å². The second-order valence-corrected chi connectivity index (χ2v) is 6.37. The number of H-pyrrole nitrogens is 1. The molecule has 3 heterocycles. The van der Waals surface area contributed by atoms with Crippen LogP contribution in [0.3, 0.4) is 0 Å². The zero-order valence-electron chi connectivity index (χ0n) is 13.1. The topological polar surface area (TPSA) is 99.8 Å². The quantitative estimate of drug-likeness (QED) is 0.582. The molecule has 7 nitrogen and oxygen atoms in total. The normalized spacial score (nSPS) is 26.3.